The zero-order chi connectivity index (χ0) is 8.77. The van der Waals surface area contributed by atoms with Gasteiger partial charge in [0.1, 0.15) is 5.84 Å². The molecule has 1 aliphatic carbocycles. The van der Waals surface area contributed by atoms with Gasteiger partial charge in [0.05, 0.1) is 15.5 Å². The van der Waals surface area contributed by atoms with E-state index in [2.05, 4.69) is 10.3 Å². The zero-order valence-electron chi connectivity index (χ0n) is 6.88. The topological polar surface area (TPSA) is 55.5 Å². The van der Waals surface area contributed by atoms with Crippen molar-refractivity contribution < 1.29 is 4.21 Å². The van der Waals surface area contributed by atoms with Crippen LogP contribution in [-0.2, 0) is 9.71 Å². The highest BCUT2D eigenvalue weighted by molar-refractivity contribution is 7.99. The fourth-order valence-corrected chi connectivity index (χ4v) is 3.21. The van der Waals surface area contributed by atoms with Crippen LogP contribution >= 0.6 is 0 Å². The van der Waals surface area contributed by atoms with Gasteiger partial charge in [-0.05, 0) is 36.3 Å². The van der Waals surface area contributed by atoms with Gasteiger partial charge in [-0.25, -0.2) is 4.21 Å². The van der Waals surface area contributed by atoms with E-state index in [0.717, 1.165) is 24.8 Å². The minimum absolute atomic E-state index is 0.466. The van der Waals surface area contributed by atoms with E-state index < -0.39 is 9.71 Å². The van der Waals surface area contributed by atoms with Gasteiger partial charge in [0.2, 0.25) is 0 Å². The van der Waals surface area contributed by atoms with Crippen molar-refractivity contribution >= 4 is 21.4 Å². The van der Waals surface area contributed by atoms with Crippen LogP contribution in [0.3, 0.4) is 0 Å². The predicted octanol–water partition coefficient (Wildman–Crippen LogP) is 0.469. The SMILES string of the molecule is C=S1(=O)CC2=C(CCC2)C(N)=N1. The van der Waals surface area contributed by atoms with Gasteiger partial charge in [-0.15, -0.1) is 0 Å². The van der Waals surface area contributed by atoms with Crippen LogP contribution < -0.4 is 5.73 Å². The van der Waals surface area contributed by atoms with E-state index in [-0.39, 0.29) is 0 Å². The van der Waals surface area contributed by atoms with Gasteiger partial charge in [-0.3, -0.25) is 0 Å². The summed E-state index contributed by atoms with van der Waals surface area (Å²) in [7, 11) is -2.28. The first-order valence-electron chi connectivity index (χ1n) is 4.00. The molecule has 0 aromatic carbocycles. The Balaban J connectivity index is 2.49. The van der Waals surface area contributed by atoms with Gasteiger partial charge >= 0.3 is 0 Å². The van der Waals surface area contributed by atoms with Crippen LogP contribution in [0, 0.1) is 0 Å². The molecule has 1 unspecified atom stereocenters. The second kappa shape index (κ2) is 2.36. The van der Waals surface area contributed by atoms with Crippen LogP contribution in [0.2, 0.25) is 0 Å². The second-order valence-corrected chi connectivity index (χ2v) is 5.35. The molecule has 12 heavy (non-hydrogen) atoms. The first-order valence-corrected chi connectivity index (χ1v) is 5.85. The lowest BCUT2D eigenvalue weighted by Crippen LogP contribution is -2.23. The summed E-state index contributed by atoms with van der Waals surface area (Å²) in [5, 5.41) is 0. The van der Waals surface area contributed by atoms with Gasteiger partial charge < -0.3 is 5.73 Å². The summed E-state index contributed by atoms with van der Waals surface area (Å²) in [5.74, 6) is 4.56. The Labute approximate surface area is 72.5 Å². The van der Waals surface area contributed by atoms with Crippen molar-refractivity contribution in [1.29, 1.82) is 0 Å². The zero-order valence-corrected chi connectivity index (χ0v) is 7.69. The highest BCUT2D eigenvalue weighted by Gasteiger charge is 2.24. The van der Waals surface area contributed by atoms with Crippen LogP contribution in [0.15, 0.2) is 15.5 Å². The summed E-state index contributed by atoms with van der Waals surface area (Å²) < 4.78 is 15.5. The minimum atomic E-state index is -2.28. The van der Waals surface area contributed by atoms with Crippen LogP contribution in [-0.4, -0.2) is 21.7 Å². The third-order valence-corrected chi connectivity index (χ3v) is 3.63. The Kier molecular flexibility index (Phi) is 1.54. The summed E-state index contributed by atoms with van der Waals surface area (Å²) in [6.45, 7) is 0. The van der Waals surface area contributed by atoms with E-state index in [1.54, 1.807) is 0 Å². The number of amidine groups is 1. The van der Waals surface area contributed by atoms with E-state index in [4.69, 9.17) is 5.73 Å². The highest BCUT2D eigenvalue weighted by Crippen LogP contribution is 2.30. The fraction of sp³-hybridized carbons (Fsp3) is 0.500. The van der Waals surface area contributed by atoms with Gasteiger partial charge in [-0.1, -0.05) is 0 Å². The molecule has 2 rings (SSSR count). The molecule has 0 saturated carbocycles. The lowest BCUT2D eigenvalue weighted by Gasteiger charge is -2.14. The molecule has 0 saturated heterocycles. The van der Waals surface area contributed by atoms with E-state index in [1.807, 2.05) is 0 Å². The molecule has 0 bridgehead atoms. The lowest BCUT2D eigenvalue weighted by atomic mass is 10.1. The molecule has 2 N–H and O–H groups in total. The number of nitrogens with two attached hydrogens (primary N) is 1. The average Bonchev–Trinajstić information content (AvgIpc) is 2.31. The minimum Gasteiger partial charge on any atom is -0.383 e. The summed E-state index contributed by atoms with van der Waals surface area (Å²) in [6, 6.07) is 0. The van der Waals surface area contributed by atoms with Crippen LogP contribution in [0.4, 0.5) is 0 Å². The molecule has 0 aromatic rings. The van der Waals surface area contributed by atoms with E-state index in [0.29, 0.717) is 11.6 Å². The molecule has 3 nitrogen and oxygen atoms in total. The van der Waals surface area contributed by atoms with Gasteiger partial charge in [0.25, 0.3) is 0 Å². The molecule has 0 radical (unpaired) electrons. The van der Waals surface area contributed by atoms with E-state index in [1.165, 1.54) is 5.57 Å². The molecular weight excluding hydrogens is 172 g/mol. The standard InChI is InChI=1S/C8H12N2OS/c1-12(11)5-6-3-2-4-7(6)8(9)10-12/h1-5H2,(H2,9,10,11). The first-order chi connectivity index (χ1) is 5.58. The number of hydrogen-bond donors (Lipinski definition) is 1. The summed E-state index contributed by atoms with van der Waals surface area (Å²) >= 11 is 0. The fourth-order valence-electron chi connectivity index (χ4n) is 1.81. The second-order valence-electron chi connectivity index (χ2n) is 3.33. The van der Waals surface area contributed by atoms with Crippen LogP contribution in [0.5, 0.6) is 0 Å². The molecule has 1 aliphatic heterocycles. The molecule has 2 aliphatic rings. The maximum atomic E-state index is 11.5. The van der Waals surface area contributed by atoms with Gasteiger partial charge in [-0.2, -0.15) is 4.40 Å². The molecular formula is C8H12N2OS. The van der Waals surface area contributed by atoms with Crippen molar-refractivity contribution in [2.24, 2.45) is 10.1 Å². The normalized spacial score (nSPS) is 34.8. The van der Waals surface area contributed by atoms with Crippen molar-refractivity contribution in [2.75, 3.05) is 5.75 Å². The van der Waals surface area contributed by atoms with Crippen molar-refractivity contribution in [2.45, 2.75) is 19.3 Å². The third-order valence-electron chi connectivity index (χ3n) is 2.31. The molecule has 66 valence electrons. The third kappa shape index (κ3) is 1.16. The average molecular weight is 184 g/mol. The van der Waals surface area contributed by atoms with Crippen LogP contribution in [0.1, 0.15) is 19.3 Å². The van der Waals surface area contributed by atoms with E-state index >= 15 is 0 Å². The maximum Gasteiger partial charge on any atom is 0.136 e. The molecule has 4 heteroatoms. The Morgan fingerprint density at radius 1 is 1.50 bits per heavy atom. The van der Waals surface area contributed by atoms with Crippen LogP contribution in [0.25, 0.3) is 0 Å². The Bertz CT molecular complexity index is 376. The van der Waals surface area contributed by atoms with E-state index in [9.17, 15) is 4.21 Å². The number of nitrogens with zero attached hydrogens (tertiary/aromatic N) is 1. The highest BCUT2D eigenvalue weighted by atomic mass is 32.2. The predicted molar refractivity (Wildman–Crippen MR) is 52.6 cm³/mol. The lowest BCUT2D eigenvalue weighted by molar-refractivity contribution is 0.683. The molecule has 1 heterocycles. The summed E-state index contributed by atoms with van der Waals surface area (Å²) in [4.78, 5) is 0. The van der Waals surface area contributed by atoms with Gasteiger partial charge in [0.15, 0.2) is 0 Å². The Morgan fingerprint density at radius 3 is 3.00 bits per heavy atom. The maximum absolute atomic E-state index is 11.5. The molecule has 0 aromatic heterocycles. The Hall–Kier alpha value is -0.770. The quantitative estimate of drug-likeness (QED) is 0.556. The smallest absolute Gasteiger partial charge is 0.136 e. The largest absolute Gasteiger partial charge is 0.383 e. The number of hydrogen-bond acceptors (Lipinski definition) is 2. The van der Waals surface area contributed by atoms with Crippen molar-refractivity contribution in [3.63, 3.8) is 0 Å². The van der Waals surface area contributed by atoms with Crippen molar-refractivity contribution in [3.05, 3.63) is 11.1 Å². The molecule has 0 fully saturated rings. The molecule has 0 amide bonds. The molecule has 1 atom stereocenters. The molecule has 0 spiro atoms. The Morgan fingerprint density at radius 2 is 2.25 bits per heavy atom. The van der Waals surface area contributed by atoms with Crippen molar-refractivity contribution in [1.82, 2.24) is 0 Å². The van der Waals surface area contributed by atoms with Gasteiger partial charge in [0, 0.05) is 0 Å². The summed E-state index contributed by atoms with van der Waals surface area (Å²) in [6.07, 6.45) is 3.15. The monoisotopic (exact) mass is 184 g/mol. The van der Waals surface area contributed by atoms with Crippen molar-refractivity contribution in [3.8, 4) is 0 Å². The number of rotatable bonds is 0. The first kappa shape index (κ1) is 7.86. The summed E-state index contributed by atoms with van der Waals surface area (Å²) in [5.41, 5.74) is 8.03.